The van der Waals surface area contributed by atoms with E-state index in [1.165, 1.54) is 5.56 Å². The van der Waals surface area contributed by atoms with E-state index in [0.717, 1.165) is 12.0 Å². The van der Waals surface area contributed by atoms with Crippen molar-refractivity contribution in [2.45, 2.75) is 57.4 Å². The number of benzene rings is 2. The van der Waals surface area contributed by atoms with E-state index in [1.807, 2.05) is 12.1 Å². The number of rotatable bonds is 7. The second-order valence-electron chi connectivity index (χ2n) is 7.28. The lowest BCUT2D eigenvalue weighted by atomic mass is 10.00. The summed E-state index contributed by atoms with van der Waals surface area (Å²) in [6.07, 6.45) is -2.60. The van der Waals surface area contributed by atoms with E-state index in [-0.39, 0.29) is 19.6 Å². The van der Waals surface area contributed by atoms with Gasteiger partial charge in [-0.25, -0.2) is 0 Å². The third-order valence-electron chi connectivity index (χ3n) is 5.16. The molecule has 6 nitrogen and oxygen atoms in total. The van der Waals surface area contributed by atoms with Crippen LogP contribution in [0.2, 0.25) is 5.02 Å². The first-order valence-corrected chi connectivity index (χ1v) is 10.1. The maximum Gasteiger partial charge on any atom is 0.229 e. The summed E-state index contributed by atoms with van der Waals surface area (Å²) in [6.45, 7) is 1.57. The SMILES string of the molecule is CCc1ccc(Cc2c(Cl)cc(CO)cc2O[C@@H]2O[C@H](CO)C[C@H](O)[C@H]2O)cc1. The molecule has 1 aliphatic heterocycles. The van der Waals surface area contributed by atoms with Gasteiger partial charge in [0.25, 0.3) is 0 Å². The molecular weight excluding hydrogens is 396 g/mol. The minimum Gasteiger partial charge on any atom is -0.462 e. The molecule has 0 aliphatic carbocycles. The van der Waals surface area contributed by atoms with Crippen LogP contribution in [-0.4, -0.2) is 51.6 Å². The van der Waals surface area contributed by atoms with Crippen molar-refractivity contribution < 1.29 is 29.9 Å². The Morgan fingerprint density at radius 3 is 2.38 bits per heavy atom. The summed E-state index contributed by atoms with van der Waals surface area (Å²) in [5.41, 5.74) is 3.50. The molecule has 29 heavy (non-hydrogen) atoms. The predicted molar refractivity (Wildman–Crippen MR) is 109 cm³/mol. The van der Waals surface area contributed by atoms with E-state index >= 15 is 0 Å². The van der Waals surface area contributed by atoms with Crippen LogP contribution in [0.25, 0.3) is 0 Å². The van der Waals surface area contributed by atoms with E-state index in [0.29, 0.717) is 28.3 Å². The van der Waals surface area contributed by atoms with E-state index < -0.39 is 24.6 Å². The van der Waals surface area contributed by atoms with Gasteiger partial charge in [0, 0.05) is 23.4 Å². The second-order valence-corrected chi connectivity index (χ2v) is 7.69. The van der Waals surface area contributed by atoms with Crippen LogP contribution in [0.5, 0.6) is 5.75 Å². The smallest absolute Gasteiger partial charge is 0.229 e. The van der Waals surface area contributed by atoms with Crippen LogP contribution in [0.1, 0.15) is 35.6 Å². The molecule has 0 bridgehead atoms. The maximum absolute atomic E-state index is 10.3. The van der Waals surface area contributed by atoms with Crippen molar-refractivity contribution in [1.29, 1.82) is 0 Å². The zero-order valence-corrected chi connectivity index (χ0v) is 17.0. The minimum atomic E-state index is -1.27. The molecule has 2 aromatic rings. The molecule has 1 saturated heterocycles. The van der Waals surface area contributed by atoms with Crippen LogP contribution in [-0.2, 0) is 24.2 Å². The Balaban J connectivity index is 1.90. The standard InChI is InChI=1S/C22H27ClO6/c1-2-13-3-5-14(6-4-13)7-17-18(23)8-15(11-24)9-20(17)29-22-21(27)19(26)10-16(12-25)28-22/h3-6,8-9,16,19,21-22,24-27H,2,7,10-12H2,1H3/t16-,19-,21+,22-/m0/s1. The first-order chi connectivity index (χ1) is 13.9. The van der Waals surface area contributed by atoms with Gasteiger partial charge in [-0.05, 0) is 35.2 Å². The number of aliphatic hydroxyl groups is 4. The molecule has 1 fully saturated rings. The van der Waals surface area contributed by atoms with Gasteiger partial charge in [0.15, 0.2) is 0 Å². The monoisotopic (exact) mass is 422 g/mol. The average Bonchev–Trinajstić information content (AvgIpc) is 2.73. The van der Waals surface area contributed by atoms with Crippen LogP contribution >= 0.6 is 11.6 Å². The summed E-state index contributed by atoms with van der Waals surface area (Å²) in [5.74, 6) is 0.357. The largest absolute Gasteiger partial charge is 0.462 e. The van der Waals surface area contributed by atoms with Gasteiger partial charge < -0.3 is 29.9 Å². The molecule has 3 rings (SSSR count). The summed E-state index contributed by atoms with van der Waals surface area (Å²) < 4.78 is 11.5. The number of halogens is 1. The van der Waals surface area contributed by atoms with E-state index in [2.05, 4.69) is 19.1 Å². The second kappa shape index (κ2) is 9.89. The van der Waals surface area contributed by atoms with Crippen LogP contribution in [0, 0.1) is 0 Å². The highest BCUT2D eigenvalue weighted by Gasteiger charge is 2.38. The van der Waals surface area contributed by atoms with Crippen LogP contribution in [0.4, 0.5) is 0 Å². The van der Waals surface area contributed by atoms with Gasteiger partial charge in [-0.2, -0.15) is 0 Å². The number of hydrogen-bond donors (Lipinski definition) is 4. The number of aliphatic hydroxyl groups excluding tert-OH is 4. The normalized spacial score (nSPS) is 24.5. The lowest BCUT2D eigenvalue weighted by molar-refractivity contribution is -0.240. The number of ether oxygens (including phenoxy) is 2. The molecule has 0 radical (unpaired) electrons. The van der Waals surface area contributed by atoms with Crippen molar-refractivity contribution >= 4 is 11.6 Å². The molecule has 158 valence electrons. The molecule has 4 N–H and O–H groups in total. The zero-order valence-electron chi connectivity index (χ0n) is 16.3. The molecule has 0 amide bonds. The Hall–Kier alpha value is -1.67. The Morgan fingerprint density at radius 2 is 1.76 bits per heavy atom. The number of hydrogen-bond acceptors (Lipinski definition) is 6. The van der Waals surface area contributed by atoms with Crippen molar-refractivity contribution in [2.75, 3.05) is 6.61 Å². The molecule has 0 spiro atoms. The molecule has 1 aliphatic rings. The Bertz CT molecular complexity index is 810. The summed E-state index contributed by atoms with van der Waals surface area (Å²) in [5, 5.41) is 39.7. The van der Waals surface area contributed by atoms with Gasteiger partial charge >= 0.3 is 0 Å². The van der Waals surface area contributed by atoms with Crippen molar-refractivity contribution in [3.05, 3.63) is 63.7 Å². The summed E-state index contributed by atoms with van der Waals surface area (Å²) in [6, 6.07) is 11.5. The fourth-order valence-corrected chi connectivity index (χ4v) is 3.69. The van der Waals surface area contributed by atoms with Gasteiger partial charge in [-0.3, -0.25) is 0 Å². The van der Waals surface area contributed by atoms with Crippen molar-refractivity contribution in [1.82, 2.24) is 0 Å². The molecular formula is C22H27ClO6. The molecule has 0 aromatic heterocycles. The Morgan fingerprint density at radius 1 is 1.07 bits per heavy atom. The first kappa shape index (κ1) is 22.0. The lowest BCUT2D eigenvalue weighted by Crippen LogP contribution is -2.51. The maximum atomic E-state index is 10.3. The first-order valence-electron chi connectivity index (χ1n) is 9.74. The highest BCUT2D eigenvalue weighted by atomic mass is 35.5. The fraction of sp³-hybridized carbons (Fsp3) is 0.455. The van der Waals surface area contributed by atoms with Gasteiger partial charge in [0.05, 0.1) is 25.4 Å². The van der Waals surface area contributed by atoms with Crippen molar-refractivity contribution in [2.24, 2.45) is 0 Å². The molecule has 0 saturated carbocycles. The lowest BCUT2D eigenvalue weighted by Gasteiger charge is -2.36. The average molecular weight is 423 g/mol. The predicted octanol–water partition coefficient (Wildman–Crippen LogP) is 2.19. The highest BCUT2D eigenvalue weighted by molar-refractivity contribution is 6.31. The third kappa shape index (κ3) is 5.28. The van der Waals surface area contributed by atoms with E-state index in [4.69, 9.17) is 21.1 Å². The summed E-state index contributed by atoms with van der Waals surface area (Å²) in [7, 11) is 0. The van der Waals surface area contributed by atoms with Gasteiger partial charge in [-0.15, -0.1) is 0 Å². The topological polar surface area (TPSA) is 99.4 Å². The fourth-order valence-electron chi connectivity index (χ4n) is 3.39. The molecule has 4 atom stereocenters. The highest BCUT2D eigenvalue weighted by Crippen LogP contribution is 2.34. The van der Waals surface area contributed by atoms with E-state index in [9.17, 15) is 20.4 Å². The van der Waals surface area contributed by atoms with Gasteiger partial charge in [0.1, 0.15) is 11.9 Å². The Kier molecular flexibility index (Phi) is 7.51. The van der Waals surface area contributed by atoms with E-state index in [1.54, 1.807) is 12.1 Å². The van der Waals surface area contributed by atoms with Crippen molar-refractivity contribution in [3.63, 3.8) is 0 Å². The van der Waals surface area contributed by atoms with Crippen LogP contribution < -0.4 is 4.74 Å². The molecule has 7 heteroatoms. The summed E-state index contributed by atoms with van der Waals surface area (Å²) in [4.78, 5) is 0. The molecule has 2 aromatic carbocycles. The molecule has 1 heterocycles. The summed E-state index contributed by atoms with van der Waals surface area (Å²) >= 11 is 6.48. The van der Waals surface area contributed by atoms with Crippen LogP contribution in [0.3, 0.4) is 0 Å². The van der Waals surface area contributed by atoms with Gasteiger partial charge in [-0.1, -0.05) is 42.8 Å². The third-order valence-corrected chi connectivity index (χ3v) is 5.50. The van der Waals surface area contributed by atoms with Crippen LogP contribution in [0.15, 0.2) is 36.4 Å². The molecule has 0 unspecified atom stereocenters. The van der Waals surface area contributed by atoms with Crippen molar-refractivity contribution in [3.8, 4) is 5.75 Å². The zero-order chi connectivity index (χ0) is 21.0. The quantitative estimate of drug-likeness (QED) is 0.546. The van der Waals surface area contributed by atoms with Gasteiger partial charge in [0.2, 0.25) is 6.29 Å². The minimum absolute atomic E-state index is 0.117. The number of aryl methyl sites for hydroxylation is 1. The Labute approximate surface area is 175 Å².